The van der Waals surface area contributed by atoms with E-state index in [0.29, 0.717) is 6.42 Å². The molecule has 0 spiro atoms. The summed E-state index contributed by atoms with van der Waals surface area (Å²) in [6.07, 6.45) is 21.6. The number of hydrogen-bond acceptors (Lipinski definition) is 2. The van der Waals surface area contributed by atoms with Crippen LogP contribution in [-0.4, -0.2) is 12.1 Å². The van der Waals surface area contributed by atoms with Crippen LogP contribution in [0.5, 0.6) is 0 Å². The minimum absolute atomic E-state index is 0.0133. The Hall–Kier alpha value is -1.05. The van der Waals surface area contributed by atoms with E-state index < -0.39 is 0 Å². The normalized spacial score (nSPS) is 19.2. The Bertz CT molecular complexity index is 305. The number of allylic oxidation sites excluding steroid dienone is 4. The third-order valence-corrected chi connectivity index (χ3v) is 3.70. The van der Waals surface area contributed by atoms with Crippen molar-refractivity contribution in [2.75, 3.05) is 0 Å². The van der Waals surface area contributed by atoms with Gasteiger partial charge in [-0.3, -0.25) is 4.79 Å². The second-order valence-electron chi connectivity index (χ2n) is 5.61. The van der Waals surface area contributed by atoms with Crippen molar-refractivity contribution in [3.8, 4) is 0 Å². The Morgan fingerprint density at radius 1 is 1.05 bits per heavy atom. The summed E-state index contributed by atoms with van der Waals surface area (Å²) in [5.74, 6) is -0.0133. The maximum Gasteiger partial charge on any atom is 0.306 e. The molecule has 1 aliphatic rings. The summed E-state index contributed by atoms with van der Waals surface area (Å²) in [6, 6.07) is 0. The Balaban J connectivity index is 1.85. The van der Waals surface area contributed by atoms with E-state index in [2.05, 4.69) is 31.2 Å². The topological polar surface area (TPSA) is 26.3 Å². The zero-order valence-corrected chi connectivity index (χ0v) is 13.0. The predicted octanol–water partition coefficient (Wildman–Crippen LogP) is 5.34. The van der Waals surface area contributed by atoms with Crippen LogP contribution in [0.25, 0.3) is 0 Å². The molecule has 1 rings (SSSR count). The molecule has 1 atom stereocenters. The highest BCUT2D eigenvalue weighted by molar-refractivity contribution is 5.71. The van der Waals surface area contributed by atoms with Crippen molar-refractivity contribution in [1.29, 1.82) is 0 Å². The fourth-order valence-electron chi connectivity index (χ4n) is 2.44. The molecule has 0 aromatic carbocycles. The van der Waals surface area contributed by atoms with Crippen molar-refractivity contribution >= 4 is 5.97 Å². The minimum atomic E-state index is -0.0133. The SMILES string of the molecule is CCCCC/C=C\C/C=C\CCCC[C@@H]1CCC(=O)O1. The first-order valence-electron chi connectivity index (χ1n) is 8.32. The highest BCUT2D eigenvalue weighted by Gasteiger charge is 2.22. The maximum atomic E-state index is 10.9. The lowest BCUT2D eigenvalue weighted by atomic mass is 10.1. The van der Waals surface area contributed by atoms with Gasteiger partial charge in [0.2, 0.25) is 0 Å². The molecule has 0 amide bonds. The summed E-state index contributed by atoms with van der Waals surface area (Å²) in [5, 5.41) is 0. The first kappa shape index (κ1) is 17.0. The van der Waals surface area contributed by atoms with Crippen molar-refractivity contribution in [2.45, 2.75) is 83.7 Å². The maximum absolute atomic E-state index is 10.9. The fourth-order valence-corrected chi connectivity index (χ4v) is 2.44. The summed E-state index contributed by atoms with van der Waals surface area (Å²) in [7, 11) is 0. The third-order valence-electron chi connectivity index (χ3n) is 3.70. The number of carbonyl (C=O) groups is 1. The Kier molecular flexibility index (Phi) is 9.99. The molecule has 0 aliphatic carbocycles. The summed E-state index contributed by atoms with van der Waals surface area (Å²) in [5.41, 5.74) is 0. The molecule has 0 aromatic rings. The average molecular weight is 278 g/mol. The zero-order valence-electron chi connectivity index (χ0n) is 13.0. The van der Waals surface area contributed by atoms with Crippen LogP contribution in [-0.2, 0) is 9.53 Å². The molecule has 1 fully saturated rings. The van der Waals surface area contributed by atoms with Crippen molar-refractivity contribution < 1.29 is 9.53 Å². The highest BCUT2D eigenvalue weighted by Crippen LogP contribution is 2.19. The van der Waals surface area contributed by atoms with E-state index in [1.54, 1.807) is 0 Å². The Morgan fingerprint density at radius 2 is 1.75 bits per heavy atom. The van der Waals surface area contributed by atoms with Crippen LogP contribution in [0.1, 0.15) is 77.6 Å². The Morgan fingerprint density at radius 3 is 2.35 bits per heavy atom. The summed E-state index contributed by atoms with van der Waals surface area (Å²) in [6.45, 7) is 2.24. The van der Waals surface area contributed by atoms with Crippen LogP contribution >= 0.6 is 0 Å². The molecule has 2 nitrogen and oxygen atoms in total. The first-order valence-corrected chi connectivity index (χ1v) is 8.32. The predicted molar refractivity (Wildman–Crippen MR) is 84.6 cm³/mol. The molecule has 0 radical (unpaired) electrons. The van der Waals surface area contributed by atoms with Gasteiger partial charge in [0.05, 0.1) is 0 Å². The van der Waals surface area contributed by atoms with E-state index in [4.69, 9.17) is 4.74 Å². The van der Waals surface area contributed by atoms with Gasteiger partial charge in [-0.25, -0.2) is 0 Å². The standard InChI is InChI=1S/C18H30O2/c1-2-3-4-5-6-7-8-9-10-11-12-13-14-17-15-16-18(19)20-17/h6-7,9-10,17H,2-5,8,11-16H2,1H3/b7-6-,10-9-/t17-/m1/s1. The molecule has 0 aromatic heterocycles. The van der Waals surface area contributed by atoms with Crippen LogP contribution < -0.4 is 0 Å². The molecule has 114 valence electrons. The van der Waals surface area contributed by atoms with Crippen LogP contribution in [0.3, 0.4) is 0 Å². The van der Waals surface area contributed by atoms with Crippen LogP contribution in [0.15, 0.2) is 24.3 Å². The van der Waals surface area contributed by atoms with Crippen LogP contribution in [0, 0.1) is 0 Å². The molecule has 20 heavy (non-hydrogen) atoms. The van der Waals surface area contributed by atoms with Crippen molar-refractivity contribution in [3.05, 3.63) is 24.3 Å². The van der Waals surface area contributed by atoms with Gasteiger partial charge in [-0.15, -0.1) is 0 Å². The van der Waals surface area contributed by atoms with Gasteiger partial charge >= 0.3 is 5.97 Å². The van der Waals surface area contributed by atoms with Gasteiger partial charge in [-0.05, 0) is 51.4 Å². The van der Waals surface area contributed by atoms with E-state index >= 15 is 0 Å². The van der Waals surface area contributed by atoms with Gasteiger partial charge in [0.1, 0.15) is 6.10 Å². The van der Waals surface area contributed by atoms with Gasteiger partial charge in [-0.1, -0.05) is 44.1 Å². The van der Waals surface area contributed by atoms with Crippen LogP contribution in [0.4, 0.5) is 0 Å². The number of esters is 1. The van der Waals surface area contributed by atoms with Crippen LogP contribution in [0.2, 0.25) is 0 Å². The van der Waals surface area contributed by atoms with Gasteiger partial charge in [0.25, 0.3) is 0 Å². The number of ether oxygens (including phenoxy) is 1. The lowest BCUT2D eigenvalue weighted by Gasteiger charge is -2.07. The summed E-state index contributed by atoms with van der Waals surface area (Å²) in [4.78, 5) is 10.9. The van der Waals surface area contributed by atoms with E-state index in [1.807, 2.05) is 0 Å². The first-order chi connectivity index (χ1) is 9.83. The van der Waals surface area contributed by atoms with Crippen molar-refractivity contribution in [2.24, 2.45) is 0 Å². The number of unbranched alkanes of at least 4 members (excludes halogenated alkanes) is 5. The summed E-state index contributed by atoms with van der Waals surface area (Å²) >= 11 is 0. The lowest BCUT2D eigenvalue weighted by Crippen LogP contribution is -2.05. The molecule has 0 unspecified atom stereocenters. The molecular weight excluding hydrogens is 248 g/mol. The fraction of sp³-hybridized carbons (Fsp3) is 0.722. The van der Waals surface area contributed by atoms with E-state index in [-0.39, 0.29) is 12.1 Å². The monoisotopic (exact) mass is 278 g/mol. The quantitative estimate of drug-likeness (QED) is 0.290. The highest BCUT2D eigenvalue weighted by atomic mass is 16.5. The van der Waals surface area contributed by atoms with Gasteiger partial charge in [-0.2, -0.15) is 0 Å². The van der Waals surface area contributed by atoms with Gasteiger partial charge < -0.3 is 4.74 Å². The number of cyclic esters (lactones) is 1. The van der Waals surface area contributed by atoms with Gasteiger partial charge in [0.15, 0.2) is 0 Å². The molecule has 1 aliphatic heterocycles. The lowest BCUT2D eigenvalue weighted by molar-refractivity contribution is -0.141. The molecule has 0 bridgehead atoms. The zero-order chi connectivity index (χ0) is 14.5. The second kappa shape index (κ2) is 11.7. The molecular formula is C18H30O2. The molecule has 1 saturated heterocycles. The Labute approximate surface area is 124 Å². The van der Waals surface area contributed by atoms with Crippen molar-refractivity contribution in [1.82, 2.24) is 0 Å². The minimum Gasteiger partial charge on any atom is -0.462 e. The number of rotatable bonds is 11. The molecule has 0 N–H and O–H groups in total. The summed E-state index contributed by atoms with van der Waals surface area (Å²) < 4.78 is 5.20. The smallest absolute Gasteiger partial charge is 0.306 e. The third kappa shape index (κ3) is 8.95. The van der Waals surface area contributed by atoms with Crippen molar-refractivity contribution in [3.63, 3.8) is 0 Å². The van der Waals surface area contributed by atoms with E-state index in [9.17, 15) is 4.79 Å². The second-order valence-corrected chi connectivity index (χ2v) is 5.61. The molecule has 0 saturated carbocycles. The largest absolute Gasteiger partial charge is 0.462 e. The molecule has 1 heterocycles. The number of hydrogen-bond donors (Lipinski definition) is 0. The van der Waals surface area contributed by atoms with E-state index in [1.165, 1.54) is 32.1 Å². The van der Waals surface area contributed by atoms with Gasteiger partial charge in [0, 0.05) is 6.42 Å². The number of carbonyl (C=O) groups excluding carboxylic acids is 1. The van der Waals surface area contributed by atoms with E-state index in [0.717, 1.165) is 32.1 Å². The average Bonchev–Trinajstić information content (AvgIpc) is 2.86. The molecule has 2 heteroatoms.